The number of rotatable bonds is 6. The van der Waals surface area contributed by atoms with Crippen LogP contribution < -0.4 is 5.32 Å². The van der Waals surface area contributed by atoms with Crippen molar-refractivity contribution in [2.24, 2.45) is 0 Å². The number of nitrogens with one attached hydrogen (secondary N) is 1. The molecule has 0 bridgehead atoms. The second-order valence-electron chi connectivity index (χ2n) is 3.69. The Labute approximate surface area is 92.0 Å². The van der Waals surface area contributed by atoms with Crippen LogP contribution in [0.1, 0.15) is 12.5 Å². The van der Waals surface area contributed by atoms with Crippen LogP contribution in [-0.2, 0) is 11.3 Å². The summed E-state index contributed by atoms with van der Waals surface area (Å²) in [6, 6.07) is 10.4. The topological polar surface area (TPSA) is 21.3 Å². The van der Waals surface area contributed by atoms with Crippen LogP contribution in [0, 0.1) is 0 Å². The van der Waals surface area contributed by atoms with Crippen LogP contribution in [0.4, 0.5) is 0 Å². The van der Waals surface area contributed by atoms with Gasteiger partial charge in [0.1, 0.15) is 0 Å². The minimum atomic E-state index is 0.244. The van der Waals surface area contributed by atoms with Crippen LogP contribution >= 0.6 is 0 Å². The van der Waals surface area contributed by atoms with Crippen LogP contribution in [-0.4, -0.2) is 19.7 Å². The molecule has 82 valence electrons. The van der Waals surface area contributed by atoms with E-state index in [1.165, 1.54) is 5.56 Å². The van der Waals surface area contributed by atoms with E-state index in [-0.39, 0.29) is 6.04 Å². The molecule has 1 atom stereocenters. The Morgan fingerprint density at radius 2 is 2.07 bits per heavy atom. The lowest BCUT2D eigenvalue weighted by Gasteiger charge is -2.16. The lowest BCUT2D eigenvalue weighted by atomic mass is 10.2. The third kappa shape index (κ3) is 4.28. The van der Waals surface area contributed by atoms with Gasteiger partial charge in [-0.2, -0.15) is 0 Å². The molecule has 0 aromatic heterocycles. The van der Waals surface area contributed by atoms with E-state index in [1.54, 1.807) is 0 Å². The molecule has 0 aliphatic rings. The molecule has 1 unspecified atom stereocenters. The standard InChI is InChI=1S/C13H19NO/c1-11(2)13(14-3)10-15-9-12-7-5-4-6-8-12/h4-8,13-14H,1,9-10H2,2-3H3. The van der Waals surface area contributed by atoms with Gasteiger partial charge in [-0.3, -0.25) is 0 Å². The van der Waals surface area contributed by atoms with Gasteiger partial charge < -0.3 is 10.1 Å². The van der Waals surface area contributed by atoms with E-state index in [0.717, 1.165) is 5.57 Å². The zero-order valence-electron chi connectivity index (χ0n) is 9.49. The van der Waals surface area contributed by atoms with Crippen LogP contribution in [0.15, 0.2) is 42.5 Å². The molecule has 2 heteroatoms. The summed E-state index contributed by atoms with van der Waals surface area (Å²) in [6.45, 7) is 7.24. The molecule has 0 saturated carbocycles. The maximum atomic E-state index is 5.61. The average Bonchev–Trinajstić information content (AvgIpc) is 2.25. The van der Waals surface area contributed by atoms with Gasteiger partial charge in [0.05, 0.1) is 19.3 Å². The number of ether oxygens (including phenoxy) is 1. The first-order valence-electron chi connectivity index (χ1n) is 5.18. The molecule has 2 nitrogen and oxygen atoms in total. The Morgan fingerprint density at radius 1 is 1.40 bits per heavy atom. The first-order valence-corrected chi connectivity index (χ1v) is 5.18. The van der Waals surface area contributed by atoms with Gasteiger partial charge in [-0.1, -0.05) is 42.5 Å². The fourth-order valence-electron chi connectivity index (χ4n) is 1.34. The summed E-state index contributed by atoms with van der Waals surface area (Å²) in [5.41, 5.74) is 2.31. The summed E-state index contributed by atoms with van der Waals surface area (Å²) < 4.78 is 5.61. The van der Waals surface area contributed by atoms with Crippen molar-refractivity contribution >= 4 is 0 Å². The first-order chi connectivity index (χ1) is 7.24. The zero-order chi connectivity index (χ0) is 11.1. The maximum Gasteiger partial charge on any atom is 0.0717 e. The number of hydrogen-bond acceptors (Lipinski definition) is 2. The highest BCUT2D eigenvalue weighted by molar-refractivity contribution is 5.13. The van der Waals surface area contributed by atoms with Crippen LogP contribution in [0.5, 0.6) is 0 Å². The number of likely N-dealkylation sites (N-methyl/N-ethyl adjacent to an activating group) is 1. The fourth-order valence-corrected chi connectivity index (χ4v) is 1.34. The lowest BCUT2D eigenvalue weighted by molar-refractivity contribution is 0.108. The molecule has 0 amide bonds. The third-order valence-electron chi connectivity index (χ3n) is 2.34. The lowest BCUT2D eigenvalue weighted by Crippen LogP contribution is -2.31. The van der Waals surface area contributed by atoms with Gasteiger partial charge in [-0.05, 0) is 19.5 Å². The second kappa shape index (κ2) is 6.38. The zero-order valence-corrected chi connectivity index (χ0v) is 9.49. The third-order valence-corrected chi connectivity index (χ3v) is 2.34. The summed E-state index contributed by atoms with van der Waals surface area (Å²) in [6.07, 6.45) is 0. The van der Waals surface area contributed by atoms with E-state index >= 15 is 0 Å². The van der Waals surface area contributed by atoms with Gasteiger partial charge in [0.15, 0.2) is 0 Å². The summed E-state index contributed by atoms with van der Waals surface area (Å²) in [7, 11) is 1.92. The van der Waals surface area contributed by atoms with Gasteiger partial charge in [0.2, 0.25) is 0 Å². The number of hydrogen-bond donors (Lipinski definition) is 1. The monoisotopic (exact) mass is 205 g/mol. The summed E-state index contributed by atoms with van der Waals surface area (Å²) in [4.78, 5) is 0. The van der Waals surface area contributed by atoms with Crippen molar-refractivity contribution in [1.29, 1.82) is 0 Å². The van der Waals surface area contributed by atoms with Crippen LogP contribution in [0.3, 0.4) is 0 Å². The smallest absolute Gasteiger partial charge is 0.0717 e. The second-order valence-corrected chi connectivity index (χ2v) is 3.69. The molecule has 1 N–H and O–H groups in total. The van der Waals surface area contributed by atoms with Gasteiger partial charge in [0, 0.05) is 0 Å². The van der Waals surface area contributed by atoms with E-state index in [9.17, 15) is 0 Å². The molecular formula is C13H19NO. The molecule has 1 rings (SSSR count). The quantitative estimate of drug-likeness (QED) is 0.720. The van der Waals surface area contributed by atoms with E-state index in [1.807, 2.05) is 32.2 Å². The first kappa shape index (κ1) is 12.0. The SMILES string of the molecule is C=C(C)C(COCc1ccccc1)NC. The van der Waals surface area contributed by atoms with Crippen molar-refractivity contribution in [3.8, 4) is 0 Å². The number of benzene rings is 1. The summed E-state index contributed by atoms with van der Waals surface area (Å²) >= 11 is 0. The van der Waals surface area contributed by atoms with Gasteiger partial charge in [0.25, 0.3) is 0 Å². The van der Waals surface area contributed by atoms with Crippen LogP contribution in [0.2, 0.25) is 0 Å². The van der Waals surface area contributed by atoms with Crippen LogP contribution in [0.25, 0.3) is 0 Å². The minimum Gasteiger partial charge on any atom is -0.375 e. The molecule has 0 saturated heterocycles. The molecule has 1 aromatic rings. The maximum absolute atomic E-state index is 5.61. The highest BCUT2D eigenvalue weighted by Gasteiger charge is 2.05. The van der Waals surface area contributed by atoms with E-state index in [0.29, 0.717) is 13.2 Å². The normalized spacial score (nSPS) is 12.4. The summed E-state index contributed by atoms with van der Waals surface area (Å²) in [5, 5.41) is 3.16. The van der Waals surface area contributed by atoms with Gasteiger partial charge in [-0.15, -0.1) is 0 Å². The van der Waals surface area contributed by atoms with Gasteiger partial charge >= 0.3 is 0 Å². The van der Waals surface area contributed by atoms with Crippen molar-refractivity contribution in [2.75, 3.05) is 13.7 Å². The van der Waals surface area contributed by atoms with E-state index < -0.39 is 0 Å². The molecule has 0 aliphatic heterocycles. The van der Waals surface area contributed by atoms with Crippen molar-refractivity contribution in [1.82, 2.24) is 5.32 Å². The molecule has 0 heterocycles. The van der Waals surface area contributed by atoms with E-state index in [4.69, 9.17) is 4.74 Å². The van der Waals surface area contributed by atoms with Crippen molar-refractivity contribution in [3.63, 3.8) is 0 Å². The minimum absolute atomic E-state index is 0.244. The Morgan fingerprint density at radius 3 is 2.60 bits per heavy atom. The molecule has 0 spiro atoms. The predicted molar refractivity (Wildman–Crippen MR) is 63.8 cm³/mol. The molecule has 0 radical (unpaired) electrons. The van der Waals surface area contributed by atoms with Gasteiger partial charge in [-0.25, -0.2) is 0 Å². The fraction of sp³-hybridized carbons (Fsp3) is 0.385. The molecular weight excluding hydrogens is 186 g/mol. The largest absolute Gasteiger partial charge is 0.375 e. The Balaban J connectivity index is 2.30. The Hall–Kier alpha value is -1.12. The highest BCUT2D eigenvalue weighted by atomic mass is 16.5. The highest BCUT2D eigenvalue weighted by Crippen LogP contribution is 2.03. The Bertz CT molecular complexity index is 295. The molecule has 1 aromatic carbocycles. The summed E-state index contributed by atoms with van der Waals surface area (Å²) in [5.74, 6) is 0. The molecule has 15 heavy (non-hydrogen) atoms. The molecule has 0 fully saturated rings. The average molecular weight is 205 g/mol. The van der Waals surface area contributed by atoms with Crippen molar-refractivity contribution in [2.45, 2.75) is 19.6 Å². The predicted octanol–water partition coefficient (Wildman–Crippen LogP) is 2.37. The van der Waals surface area contributed by atoms with Crippen molar-refractivity contribution in [3.05, 3.63) is 48.0 Å². The van der Waals surface area contributed by atoms with Crippen molar-refractivity contribution < 1.29 is 4.74 Å². The Kier molecular flexibility index (Phi) is 5.08. The van der Waals surface area contributed by atoms with E-state index in [2.05, 4.69) is 24.0 Å². The molecule has 0 aliphatic carbocycles.